The molecule has 1 heterocycles. The quantitative estimate of drug-likeness (QED) is 0.840. The van der Waals surface area contributed by atoms with Gasteiger partial charge in [0, 0.05) is 30.7 Å². The highest BCUT2D eigenvalue weighted by Gasteiger charge is 2.46. The first-order valence-corrected chi connectivity index (χ1v) is 8.61. The Bertz CT molecular complexity index is 306. The maximum Gasteiger partial charge on any atom is 0.0309 e. The maximum atomic E-state index is 3.85. The molecule has 0 aromatic rings. The van der Waals surface area contributed by atoms with Crippen LogP contribution < -0.4 is 5.32 Å². The fourth-order valence-corrected chi connectivity index (χ4v) is 4.52. The third-order valence-corrected chi connectivity index (χ3v) is 6.21. The zero-order valence-electron chi connectivity index (χ0n) is 13.1. The van der Waals surface area contributed by atoms with Gasteiger partial charge in [0.15, 0.2) is 0 Å². The second kappa shape index (κ2) is 5.37. The largest absolute Gasteiger partial charge is 0.308 e. The van der Waals surface area contributed by atoms with Gasteiger partial charge in [-0.3, -0.25) is 4.90 Å². The van der Waals surface area contributed by atoms with Crippen molar-refractivity contribution in [3.63, 3.8) is 0 Å². The second-order valence-corrected chi connectivity index (χ2v) is 7.73. The molecule has 3 aliphatic rings. The molecule has 1 aliphatic heterocycles. The summed E-state index contributed by atoms with van der Waals surface area (Å²) in [5.74, 6) is 1.90. The van der Waals surface area contributed by atoms with Crippen molar-refractivity contribution in [3.05, 3.63) is 0 Å². The first kappa shape index (κ1) is 13.9. The summed E-state index contributed by atoms with van der Waals surface area (Å²) in [4.78, 5) is 2.84. The molecule has 2 aliphatic carbocycles. The summed E-state index contributed by atoms with van der Waals surface area (Å²) in [7, 11) is 0. The molecule has 0 amide bonds. The molecule has 0 radical (unpaired) electrons. The van der Waals surface area contributed by atoms with Crippen LogP contribution in [0.1, 0.15) is 65.7 Å². The predicted octanol–water partition coefficient (Wildman–Crippen LogP) is 3.42. The average molecular weight is 264 g/mol. The van der Waals surface area contributed by atoms with Crippen molar-refractivity contribution in [3.8, 4) is 0 Å². The molecular formula is C17H32N2. The zero-order valence-corrected chi connectivity index (χ0v) is 13.1. The maximum absolute atomic E-state index is 3.85. The number of hydrogen-bond donors (Lipinski definition) is 1. The molecule has 2 nitrogen and oxygen atoms in total. The fraction of sp³-hybridized carbons (Fsp3) is 1.00. The Morgan fingerprint density at radius 1 is 1.11 bits per heavy atom. The van der Waals surface area contributed by atoms with Gasteiger partial charge in [-0.25, -0.2) is 0 Å². The van der Waals surface area contributed by atoms with Gasteiger partial charge in [0.2, 0.25) is 0 Å². The van der Waals surface area contributed by atoms with Gasteiger partial charge in [-0.05, 0) is 58.3 Å². The molecule has 0 aromatic carbocycles. The minimum Gasteiger partial charge on any atom is -0.308 e. The summed E-state index contributed by atoms with van der Waals surface area (Å²) < 4.78 is 0. The van der Waals surface area contributed by atoms with Gasteiger partial charge in [-0.2, -0.15) is 0 Å². The number of piperazine rings is 1. The summed E-state index contributed by atoms with van der Waals surface area (Å²) in [6, 6.07) is 1.50. The van der Waals surface area contributed by atoms with Crippen LogP contribution in [0.5, 0.6) is 0 Å². The van der Waals surface area contributed by atoms with E-state index in [-0.39, 0.29) is 0 Å². The van der Waals surface area contributed by atoms with Crippen molar-refractivity contribution in [1.29, 1.82) is 0 Å². The summed E-state index contributed by atoms with van der Waals surface area (Å²) in [5.41, 5.74) is 0.398. The first-order valence-electron chi connectivity index (χ1n) is 8.61. The Morgan fingerprint density at radius 3 is 2.42 bits per heavy atom. The monoisotopic (exact) mass is 264 g/mol. The van der Waals surface area contributed by atoms with E-state index < -0.39 is 0 Å². The first-order chi connectivity index (χ1) is 9.10. The Morgan fingerprint density at radius 2 is 1.79 bits per heavy atom. The molecule has 0 bridgehead atoms. The van der Waals surface area contributed by atoms with Crippen LogP contribution in [0.25, 0.3) is 0 Å². The third kappa shape index (κ3) is 2.85. The Kier molecular flexibility index (Phi) is 3.92. The van der Waals surface area contributed by atoms with E-state index in [1.165, 1.54) is 58.0 Å². The van der Waals surface area contributed by atoms with E-state index in [0.29, 0.717) is 11.6 Å². The van der Waals surface area contributed by atoms with Crippen LogP contribution in [-0.2, 0) is 0 Å². The lowest BCUT2D eigenvalue weighted by Gasteiger charge is -2.50. The molecule has 0 spiro atoms. The SMILES string of the molecule is CC1CNC(C)(C2CC2)CN1C(C)C1CCCCC1. The molecule has 110 valence electrons. The molecule has 2 saturated carbocycles. The minimum absolute atomic E-state index is 0.398. The highest BCUT2D eigenvalue weighted by molar-refractivity contribution is 5.04. The summed E-state index contributed by atoms with van der Waals surface area (Å²) >= 11 is 0. The molecular weight excluding hydrogens is 232 g/mol. The molecule has 3 unspecified atom stereocenters. The van der Waals surface area contributed by atoms with Gasteiger partial charge in [0.1, 0.15) is 0 Å². The Hall–Kier alpha value is -0.0800. The van der Waals surface area contributed by atoms with Crippen molar-refractivity contribution in [2.45, 2.75) is 83.3 Å². The standard InChI is InChI=1S/C17H32N2/c1-13-11-18-17(3,16-9-10-16)12-19(13)14(2)15-7-5-4-6-8-15/h13-16,18H,4-12H2,1-3H3. The molecule has 3 rings (SSSR count). The van der Waals surface area contributed by atoms with E-state index in [9.17, 15) is 0 Å². The number of nitrogens with one attached hydrogen (secondary N) is 1. The number of rotatable bonds is 3. The molecule has 2 heteroatoms. The lowest BCUT2D eigenvalue weighted by Crippen LogP contribution is -2.65. The van der Waals surface area contributed by atoms with E-state index in [2.05, 4.69) is 31.0 Å². The predicted molar refractivity (Wildman–Crippen MR) is 81.3 cm³/mol. The molecule has 1 N–H and O–H groups in total. The van der Waals surface area contributed by atoms with Crippen LogP contribution in [0.2, 0.25) is 0 Å². The van der Waals surface area contributed by atoms with E-state index in [1.54, 1.807) is 0 Å². The number of hydrogen-bond acceptors (Lipinski definition) is 2. The summed E-state index contributed by atoms with van der Waals surface area (Å²) in [5, 5.41) is 3.85. The molecule has 0 aromatic heterocycles. The van der Waals surface area contributed by atoms with Crippen molar-refractivity contribution in [2.75, 3.05) is 13.1 Å². The normalized spacial score (nSPS) is 40.3. The van der Waals surface area contributed by atoms with Crippen molar-refractivity contribution in [1.82, 2.24) is 10.2 Å². The minimum atomic E-state index is 0.398. The van der Waals surface area contributed by atoms with Gasteiger partial charge in [-0.1, -0.05) is 19.3 Å². The highest BCUT2D eigenvalue weighted by Crippen LogP contribution is 2.42. The lowest BCUT2D eigenvalue weighted by molar-refractivity contribution is 0.0223. The molecule has 19 heavy (non-hydrogen) atoms. The van der Waals surface area contributed by atoms with Gasteiger partial charge < -0.3 is 5.32 Å². The Balaban J connectivity index is 1.66. The van der Waals surface area contributed by atoms with E-state index >= 15 is 0 Å². The Labute approximate surface area is 119 Å². The lowest BCUT2D eigenvalue weighted by atomic mass is 9.81. The number of nitrogens with zero attached hydrogens (tertiary/aromatic N) is 1. The molecule has 3 fully saturated rings. The fourth-order valence-electron chi connectivity index (χ4n) is 4.52. The van der Waals surface area contributed by atoms with E-state index in [0.717, 1.165) is 17.9 Å². The van der Waals surface area contributed by atoms with Gasteiger partial charge in [-0.15, -0.1) is 0 Å². The van der Waals surface area contributed by atoms with Crippen molar-refractivity contribution >= 4 is 0 Å². The van der Waals surface area contributed by atoms with Crippen LogP contribution in [0.4, 0.5) is 0 Å². The molecule has 3 atom stereocenters. The van der Waals surface area contributed by atoms with Crippen LogP contribution >= 0.6 is 0 Å². The molecule has 1 saturated heterocycles. The highest BCUT2D eigenvalue weighted by atomic mass is 15.3. The smallest absolute Gasteiger partial charge is 0.0309 e. The summed E-state index contributed by atoms with van der Waals surface area (Å²) in [6.45, 7) is 9.85. The van der Waals surface area contributed by atoms with Crippen molar-refractivity contribution in [2.24, 2.45) is 11.8 Å². The second-order valence-electron chi connectivity index (χ2n) is 7.73. The van der Waals surface area contributed by atoms with Crippen LogP contribution in [0, 0.1) is 11.8 Å². The van der Waals surface area contributed by atoms with Gasteiger partial charge in [0.05, 0.1) is 0 Å². The van der Waals surface area contributed by atoms with Crippen LogP contribution in [0.3, 0.4) is 0 Å². The van der Waals surface area contributed by atoms with Crippen molar-refractivity contribution < 1.29 is 0 Å². The van der Waals surface area contributed by atoms with Gasteiger partial charge in [0.25, 0.3) is 0 Å². The average Bonchev–Trinajstić information content (AvgIpc) is 3.27. The third-order valence-electron chi connectivity index (χ3n) is 6.21. The van der Waals surface area contributed by atoms with Crippen LogP contribution in [-0.4, -0.2) is 35.6 Å². The van der Waals surface area contributed by atoms with Crippen LogP contribution in [0.15, 0.2) is 0 Å². The van der Waals surface area contributed by atoms with Gasteiger partial charge >= 0.3 is 0 Å². The topological polar surface area (TPSA) is 15.3 Å². The zero-order chi connectivity index (χ0) is 13.5. The summed E-state index contributed by atoms with van der Waals surface area (Å²) in [6.07, 6.45) is 10.2. The van der Waals surface area contributed by atoms with E-state index in [4.69, 9.17) is 0 Å². The van der Waals surface area contributed by atoms with E-state index in [1.807, 2.05) is 0 Å².